The molecule has 0 bridgehead atoms. The summed E-state index contributed by atoms with van der Waals surface area (Å²) in [5, 5.41) is 14.2. The lowest BCUT2D eigenvalue weighted by atomic mass is 9.95. The third-order valence-electron chi connectivity index (χ3n) is 2.84. The zero-order valence-corrected chi connectivity index (χ0v) is 10.5. The molecule has 4 nitrogen and oxygen atoms in total. The fourth-order valence-electron chi connectivity index (χ4n) is 1.96. The van der Waals surface area contributed by atoms with Crippen molar-refractivity contribution in [1.82, 2.24) is 20.6 Å². The highest BCUT2D eigenvalue weighted by atomic mass is 15.5. The van der Waals surface area contributed by atoms with Gasteiger partial charge in [-0.15, -0.1) is 10.2 Å². The number of aromatic nitrogens is 4. The van der Waals surface area contributed by atoms with Gasteiger partial charge in [-0.1, -0.05) is 50.3 Å². The Morgan fingerprint density at radius 1 is 1.24 bits per heavy atom. The van der Waals surface area contributed by atoms with E-state index in [1.165, 1.54) is 11.1 Å². The average Bonchev–Trinajstić information content (AvgIpc) is 2.81. The molecule has 4 heteroatoms. The number of hydrogen-bond donors (Lipinski definition) is 1. The lowest BCUT2D eigenvalue weighted by Crippen LogP contribution is -2.01. The van der Waals surface area contributed by atoms with Crippen LogP contribution in [0.4, 0.5) is 0 Å². The minimum Gasteiger partial charge on any atom is -0.177 e. The van der Waals surface area contributed by atoms with Crippen LogP contribution >= 0.6 is 0 Å². The Bertz CT molecular complexity index is 462. The van der Waals surface area contributed by atoms with Crippen molar-refractivity contribution in [2.24, 2.45) is 5.92 Å². The lowest BCUT2D eigenvalue weighted by Gasteiger charge is -2.10. The molecule has 0 spiro atoms. The molecule has 1 heterocycles. The van der Waals surface area contributed by atoms with Gasteiger partial charge in [0.2, 0.25) is 0 Å². The molecular formula is C13H18N4. The second-order valence-corrected chi connectivity index (χ2v) is 4.83. The minimum absolute atomic E-state index is 0.181. The predicted octanol–water partition coefficient (Wildman–Crippen LogP) is 2.55. The Morgan fingerprint density at radius 2 is 2.06 bits per heavy atom. The minimum atomic E-state index is 0.181. The summed E-state index contributed by atoms with van der Waals surface area (Å²) < 4.78 is 0. The summed E-state index contributed by atoms with van der Waals surface area (Å²) in [4.78, 5) is 0. The van der Waals surface area contributed by atoms with E-state index in [0.717, 1.165) is 12.2 Å². The van der Waals surface area contributed by atoms with Crippen molar-refractivity contribution in [3.05, 3.63) is 41.2 Å². The second-order valence-electron chi connectivity index (χ2n) is 4.83. The van der Waals surface area contributed by atoms with Gasteiger partial charge in [0.25, 0.3) is 0 Å². The molecule has 2 rings (SSSR count). The van der Waals surface area contributed by atoms with Crippen LogP contribution in [0.2, 0.25) is 0 Å². The maximum atomic E-state index is 4.04. The van der Waals surface area contributed by atoms with Gasteiger partial charge >= 0.3 is 0 Å². The van der Waals surface area contributed by atoms with Gasteiger partial charge in [-0.25, -0.2) is 0 Å². The van der Waals surface area contributed by atoms with Crippen LogP contribution in [-0.4, -0.2) is 20.6 Å². The maximum Gasteiger partial charge on any atom is 0.181 e. The maximum absolute atomic E-state index is 4.04. The molecule has 0 unspecified atom stereocenters. The summed E-state index contributed by atoms with van der Waals surface area (Å²) in [5.74, 6) is 1.60. The van der Waals surface area contributed by atoms with Crippen molar-refractivity contribution in [1.29, 1.82) is 0 Å². The second kappa shape index (κ2) is 5.08. The van der Waals surface area contributed by atoms with E-state index in [9.17, 15) is 0 Å². The fraction of sp³-hybridized carbons (Fsp3) is 0.462. The molecule has 0 saturated heterocycles. The smallest absolute Gasteiger partial charge is 0.177 e. The number of benzene rings is 1. The molecular weight excluding hydrogens is 212 g/mol. The standard InChI is InChI=1S/C13H18N4/c1-9(2)7-11-5-4-6-12(8-11)10(3)13-14-16-17-15-13/h4-6,8-10H,7H2,1-3H3,(H,14,15,16,17)/t10-/m1/s1. The van der Waals surface area contributed by atoms with Crippen molar-refractivity contribution < 1.29 is 0 Å². The molecule has 1 aromatic heterocycles. The largest absolute Gasteiger partial charge is 0.181 e. The van der Waals surface area contributed by atoms with Gasteiger partial charge < -0.3 is 0 Å². The Labute approximate surface area is 101 Å². The summed E-state index contributed by atoms with van der Waals surface area (Å²) in [6.45, 7) is 6.56. The molecule has 1 atom stereocenters. The highest BCUT2D eigenvalue weighted by molar-refractivity contribution is 5.29. The summed E-state index contributed by atoms with van der Waals surface area (Å²) in [6, 6.07) is 8.63. The normalized spacial score (nSPS) is 12.9. The molecule has 0 aliphatic carbocycles. The molecule has 0 saturated carbocycles. The quantitative estimate of drug-likeness (QED) is 0.878. The van der Waals surface area contributed by atoms with E-state index in [2.05, 4.69) is 65.7 Å². The van der Waals surface area contributed by atoms with Crippen LogP contribution in [0.5, 0.6) is 0 Å². The fourth-order valence-corrected chi connectivity index (χ4v) is 1.96. The number of nitrogens with zero attached hydrogens (tertiary/aromatic N) is 3. The zero-order valence-electron chi connectivity index (χ0n) is 10.5. The van der Waals surface area contributed by atoms with E-state index in [-0.39, 0.29) is 5.92 Å². The van der Waals surface area contributed by atoms with Crippen LogP contribution in [-0.2, 0) is 6.42 Å². The highest BCUT2D eigenvalue weighted by Crippen LogP contribution is 2.22. The molecule has 0 radical (unpaired) electrons. The molecule has 0 aliphatic heterocycles. The van der Waals surface area contributed by atoms with Crippen LogP contribution in [0, 0.1) is 5.92 Å². The van der Waals surface area contributed by atoms with Crippen molar-refractivity contribution in [2.75, 3.05) is 0 Å². The van der Waals surface area contributed by atoms with Crippen LogP contribution < -0.4 is 0 Å². The van der Waals surface area contributed by atoms with E-state index in [4.69, 9.17) is 0 Å². The van der Waals surface area contributed by atoms with E-state index < -0.39 is 0 Å². The number of aromatic amines is 1. The lowest BCUT2D eigenvalue weighted by molar-refractivity contribution is 0.646. The number of tetrazole rings is 1. The molecule has 17 heavy (non-hydrogen) atoms. The SMILES string of the molecule is CC(C)Cc1cccc([C@@H](C)c2nn[nH]n2)c1. The van der Waals surface area contributed by atoms with Gasteiger partial charge in [0, 0.05) is 5.92 Å². The van der Waals surface area contributed by atoms with E-state index in [0.29, 0.717) is 5.92 Å². The number of rotatable bonds is 4. The average molecular weight is 230 g/mol. The van der Waals surface area contributed by atoms with Gasteiger partial charge in [-0.05, 0) is 23.5 Å². The van der Waals surface area contributed by atoms with Gasteiger partial charge in [0.15, 0.2) is 5.82 Å². The molecule has 1 N–H and O–H groups in total. The Kier molecular flexibility index (Phi) is 3.52. The first-order chi connectivity index (χ1) is 8.16. The molecule has 2 aromatic rings. The van der Waals surface area contributed by atoms with Crippen LogP contribution in [0.1, 0.15) is 43.6 Å². The Balaban J connectivity index is 2.21. The first-order valence-corrected chi connectivity index (χ1v) is 5.99. The summed E-state index contributed by atoms with van der Waals surface area (Å²) in [5.41, 5.74) is 2.61. The van der Waals surface area contributed by atoms with Crippen molar-refractivity contribution in [3.63, 3.8) is 0 Å². The number of H-pyrrole nitrogens is 1. The zero-order chi connectivity index (χ0) is 12.3. The van der Waals surface area contributed by atoms with Crippen LogP contribution in [0.15, 0.2) is 24.3 Å². The monoisotopic (exact) mass is 230 g/mol. The third-order valence-corrected chi connectivity index (χ3v) is 2.84. The number of hydrogen-bond acceptors (Lipinski definition) is 3. The first-order valence-electron chi connectivity index (χ1n) is 5.99. The molecule has 0 fully saturated rings. The van der Waals surface area contributed by atoms with Crippen molar-refractivity contribution in [2.45, 2.75) is 33.1 Å². The van der Waals surface area contributed by atoms with E-state index >= 15 is 0 Å². The van der Waals surface area contributed by atoms with E-state index in [1.807, 2.05) is 0 Å². The van der Waals surface area contributed by atoms with Gasteiger partial charge in [0.1, 0.15) is 0 Å². The summed E-state index contributed by atoms with van der Waals surface area (Å²) >= 11 is 0. The van der Waals surface area contributed by atoms with E-state index in [1.54, 1.807) is 0 Å². The topological polar surface area (TPSA) is 54.5 Å². The predicted molar refractivity (Wildman–Crippen MR) is 66.7 cm³/mol. The molecule has 90 valence electrons. The van der Waals surface area contributed by atoms with Gasteiger partial charge in [0.05, 0.1) is 0 Å². The Hall–Kier alpha value is -1.71. The van der Waals surface area contributed by atoms with Gasteiger partial charge in [-0.2, -0.15) is 5.21 Å². The first kappa shape index (κ1) is 11.8. The summed E-state index contributed by atoms with van der Waals surface area (Å²) in [7, 11) is 0. The summed E-state index contributed by atoms with van der Waals surface area (Å²) in [6.07, 6.45) is 1.10. The third kappa shape index (κ3) is 2.90. The van der Waals surface area contributed by atoms with Gasteiger partial charge in [-0.3, -0.25) is 0 Å². The molecule has 1 aromatic carbocycles. The highest BCUT2D eigenvalue weighted by Gasteiger charge is 2.13. The van der Waals surface area contributed by atoms with Crippen molar-refractivity contribution >= 4 is 0 Å². The van der Waals surface area contributed by atoms with Crippen LogP contribution in [0.25, 0.3) is 0 Å². The van der Waals surface area contributed by atoms with Crippen LogP contribution in [0.3, 0.4) is 0 Å². The molecule has 0 aliphatic rings. The Morgan fingerprint density at radius 3 is 2.71 bits per heavy atom. The molecule has 0 amide bonds. The van der Waals surface area contributed by atoms with Crippen molar-refractivity contribution in [3.8, 4) is 0 Å². The number of nitrogens with one attached hydrogen (secondary N) is 1.